The molecule has 0 saturated carbocycles. The molecule has 0 radical (unpaired) electrons. The number of nitrogens with zero attached hydrogens (tertiary/aromatic N) is 4. The molecule has 10 heteroatoms. The normalized spacial score (nSPS) is 24.8. The van der Waals surface area contributed by atoms with Gasteiger partial charge in [0.25, 0.3) is 5.56 Å². The zero-order valence-corrected chi connectivity index (χ0v) is 20.3. The van der Waals surface area contributed by atoms with E-state index in [0.717, 1.165) is 41.1 Å². The average molecular weight is 493 g/mol. The average Bonchev–Trinajstić information content (AvgIpc) is 3.23. The second-order valence-corrected chi connectivity index (χ2v) is 10.2. The fraction of sp³-hybridized carbons (Fsp3) is 0.462. The lowest BCUT2D eigenvalue weighted by Gasteiger charge is -2.40. The van der Waals surface area contributed by atoms with Gasteiger partial charge in [-0.2, -0.15) is 0 Å². The first kappa shape index (κ1) is 22.2. The molecule has 0 bridgehead atoms. The Hall–Kier alpha value is -3.02. The van der Waals surface area contributed by atoms with Crippen LogP contribution in [0.25, 0.3) is 22.3 Å². The molecule has 1 unspecified atom stereocenters. The van der Waals surface area contributed by atoms with E-state index in [-0.39, 0.29) is 18.6 Å². The highest BCUT2D eigenvalue weighted by Crippen LogP contribution is 2.43. The molecule has 2 atom stereocenters. The van der Waals surface area contributed by atoms with Crippen LogP contribution in [0, 0.1) is 0 Å². The molecule has 3 aromatic rings. The van der Waals surface area contributed by atoms with Crippen LogP contribution < -0.4 is 15.0 Å². The fourth-order valence-corrected chi connectivity index (χ4v) is 5.96. The van der Waals surface area contributed by atoms with Crippen LogP contribution >= 0.6 is 0 Å². The number of aromatic nitrogens is 2. The lowest BCUT2D eigenvalue weighted by molar-refractivity contribution is -0.236. The predicted octanol–water partition coefficient (Wildman–Crippen LogP) is 1.30. The standard InChI is InChI=1S/C26H28N4O6/c1-3-26(33)18-7-20-23-16(10-30(20)24(31)17(18)11-36-25(26)32)15(9-29-12-28(2)13-29)14-6-21-22(8-19(14)27-23)35-5-4-34-21/h6-8,25,32-33H,3-5,9-13H2,1-2H3/t25?,26-/m0/s1. The number of aliphatic hydroxyl groups excluding tert-OH is 1. The van der Waals surface area contributed by atoms with Crippen LogP contribution in [0.5, 0.6) is 11.5 Å². The molecule has 0 aliphatic carbocycles. The summed E-state index contributed by atoms with van der Waals surface area (Å²) in [4.78, 5) is 23.2. The Bertz CT molecular complexity index is 1480. The van der Waals surface area contributed by atoms with Gasteiger partial charge in [-0.1, -0.05) is 6.92 Å². The Kier molecular flexibility index (Phi) is 4.77. The summed E-state index contributed by atoms with van der Waals surface area (Å²) in [6.45, 7) is 5.54. The SMILES string of the molecule is CC[C@]1(O)c2cc3n(c(=O)c2COC1O)Cc1c-3nc2cc3c(cc2c1CN1CN(C)C1)OCCO3. The first-order valence-electron chi connectivity index (χ1n) is 12.3. The van der Waals surface area contributed by atoms with Gasteiger partial charge >= 0.3 is 0 Å². The van der Waals surface area contributed by atoms with Crippen molar-refractivity contribution in [1.29, 1.82) is 0 Å². The first-order chi connectivity index (χ1) is 17.4. The number of benzene rings is 1. The van der Waals surface area contributed by atoms with Crippen LogP contribution in [-0.4, -0.2) is 69.5 Å². The zero-order chi connectivity index (χ0) is 24.8. The molecule has 4 aliphatic rings. The van der Waals surface area contributed by atoms with Crippen LogP contribution in [0.15, 0.2) is 23.0 Å². The quantitative estimate of drug-likeness (QED) is 0.437. The molecular weight excluding hydrogens is 464 g/mol. The number of fused-ring (bicyclic) bond motifs is 6. The second kappa shape index (κ2) is 7.74. The van der Waals surface area contributed by atoms with Gasteiger partial charge in [0, 0.05) is 34.7 Å². The van der Waals surface area contributed by atoms with Crippen LogP contribution in [0.4, 0.5) is 0 Å². The molecule has 7 rings (SSSR count). The van der Waals surface area contributed by atoms with Gasteiger partial charge in [-0.25, -0.2) is 4.98 Å². The molecular formula is C26H28N4O6. The molecule has 6 heterocycles. The molecule has 188 valence electrons. The molecule has 2 N–H and O–H groups in total. The molecule has 10 nitrogen and oxygen atoms in total. The van der Waals surface area contributed by atoms with Gasteiger partial charge in [0.1, 0.15) is 18.8 Å². The lowest BCUT2D eigenvalue weighted by atomic mass is 9.85. The van der Waals surface area contributed by atoms with E-state index in [1.807, 2.05) is 18.2 Å². The van der Waals surface area contributed by atoms with Crippen LogP contribution in [0.1, 0.15) is 35.6 Å². The van der Waals surface area contributed by atoms with Crippen LogP contribution in [-0.2, 0) is 30.0 Å². The van der Waals surface area contributed by atoms with Gasteiger partial charge in [0.05, 0.1) is 43.4 Å². The van der Waals surface area contributed by atoms with E-state index in [9.17, 15) is 15.0 Å². The number of hydrogen-bond acceptors (Lipinski definition) is 9. The highest BCUT2D eigenvalue weighted by Gasteiger charge is 2.44. The molecule has 36 heavy (non-hydrogen) atoms. The van der Waals surface area contributed by atoms with E-state index in [4.69, 9.17) is 19.2 Å². The maximum absolute atomic E-state index is 13.6. The van der Waals surface area contributed by atoms with Gasteiger partial charge < -0.3 is 29.0 Å². The smallest absolute Gasteiger partial charge is 0.257 e. The Balaban J connectivity index is 1.46. The monoisotopic (exact) mass is 492 g/mol. The molecule has 1 saturated heterocycles. The summed E-state index contributed by atoms with van der Waals surface area (Å²) < 4.78 is 18.8. The number of hydrogen-bond donors (Lipinski definition) is 2. The Morgan fingerprint density at radius 2 is 1.89 bits per heavy atom. The summed E-state index contributed by atoms with van der Waals surface area (Å²) in [6, 6.07) is 5.73. The minimum absolute atomic E-state index is 0.0436. The highest BCUT2D eigenvalue weighted by atomic mass is 16.6. The minimum Gasteiger partial charge on any atom is -0.486 e. The van der Waals surface area contributed by atoms with Crippen molar-refractivity contribution in [2.24, 2.45) is 0 Å². The van der Waals surface area contributed by atoms with E-state index in [0.29, 0.717) is 54.6 Å². The molecule has 1 aromatic carbocycles. The van der Waals surface area contributed by atoms with Crippen LogP contribution in [0.2, 0.25) is 0 Å². The number of ether oxygens (including phenoxy) is 3. The summed E-state index contributed by atoms with van der Waals surface area (Å²) in [7, 11) is 2.08. The van der Waals surface area contributed by atoms with Crippen molar-refractivity contribution in [1.82, 2.24) is 19.4 Å². The Morgan fingerprint density at radius 1 is 1.14 bits per heavy atom. The Labute approximate surface area is 207 Å². The maximum Gasteiger partial charge on any atom is 0.257 e. The first-order valence-corrected chi connectivity index (χ1v) is 12.3. The zero-order valence-electron chi connectivity index (χ0n) is 20.3. The number of rotatable bonds is 3. The van der Waals surface area contributed by atoms with Crippen molar-refractivity contribution < 1.29 is 24.4 Å². The van der Waals surface area contributed by atoms with E-state index in [1.54, 1.807) is 11.5 Å². The molecule has 0 spiro atoms. The van der Waals surface area contributed by atoms with Crippen molar-refractivity contribution in [3.8, 4) is 22.9 Å². The summed E-state index contributed by atoms with van der Waals surface area (Å²) in [5.41, 5.74) is 3.18. The Morgan fingerprint density at radius 3 is 2.61 bits per heavy atom. The summed E-state index contributed by atoms with van der Waals surface area (Å²) >= 11 is 0. The van der Waals surface area contributed by atoms with Crippen molar-refractivity contribution in [2.45, 2.75) is 44.9 Å². The van der Waals surface area contributed by atoms with E-state index in [1.165, 1.54) is 0 Å². The summed E-state index contributed by atoms with van der Waals surface area (Å²) in [5, 5.41) is 22.7. The topological polar surface area (TPSA) is 110 Å². The van der Waals surface area contributed by atoms with E-state index < -0.39 is 11.9 Å². The second-order valence-electron chi connectivity index (χ2n) is 10.2. The fourth-order valence-electron chi connectivity index (χ4n) is 5.96. The third-order valence-corrected chi connectivity index (χ3v) is 7.89. The molecule has 4 aliphatic heterocycles. The number of pyridine rings is 2. The lowest BCUT2D eigenvalue weighted by Crippen LogP contribution is -2.52. The summed E-state index contributed by atoms with van der Waals surface area (Å²) in [5.74, 6) is 1.37. The van der Waals surface area contributed by atoms with Gasteiger partial charge in [-0.05, 0) is 31.2 Å². The predicted molar refractivity (Wildman–Crippen MR) is 130 cm³/mol. The van der Waals surface area contributed by atoms with Crippen LogP contribution in [0.3, 0.4) is 0 Å². The molecule has 0 amide bonds. The third-order valence-electron chi connectivity index (χ3n) is 7.89. The van der Waals surface area contributed by atoms with Gasteiger partial charge in [0.2, 0.25) is 0 Å². The van der Waals surface area contributed by atoms with Gasteiger partial charge in [-0.15, -0.1) is 0 Å². The van der Waals surface area contributed by atoms with Crippen molar-refractivity contribution in [3.05, 3.63) is 50.8 Å². The number of aliphatic hydroxyl groups is 2. The largest absolute Gasteiger partial charge is 0.486 e. The van der Waals surface area contributed by atoms with Gasteiger partial charge in [0.15, 0.2) is 17.8 Å². The maximum atomic E-state index is 13.6. The highest BCUT2D eigenvalue weighted by molar-refractivity contribution is 5.90. The third kappa shape index (κ3) is 3.02. The van der Waals surface area contributed by atoms with Gasteiger partial charge in [-0.3, -0.25) is 14.6 Å². The van der Waals surface area contributed by atoms with Crippen molar-refractivity contribution >= 4 is 10.9 Å². The minimum atomic E-state index is -1.66. The van der Waals surface area contributed by atoms with Crippen molar-refractivity contribution in [3.63, 3.8) is 0 Å². The van der Waals surface area contributed by atoms with Crippen molar-refractivity contribution in [2.75, 3.05) is 33.6 Å². The summed E-state index contributed by atoms with van der Waals surface area (Å²) in [6.07, 6.45) is -1.19. The molecule has 2 aromatic heterocycles. The molecule has 1 fully saturated rings. The van der Waals surface area contributed by atoms with E-state index in [2.05, 4.69) is 16.8 Å². The van der Waals surface area contributed by atoms with E-state index >= 15 is 0 Å².